The molecular weight excluding hydrogens is 343 g/mol. The fourth-order valence-electron chi connectivity index (χ4n) is 2.10. The summed E-state index contributed by atoms with van der Waals surface area (Å²) < 4.78 is 5.41. The summed E-state index contributed by atoms with van der Waals surface area (Å²) in [7, 11) is 0. The predicted molar refractivity (Wildman–Crippen MR) is 92.2 cm³/mol. The quantitative estimate of drug-likeness (QED) is 0.716. The number of rotatable bonds is 5. The molecular formula is C14H22Cl2N4O3. The van der Waals surface area contributed by atoms with Gasteiger partial charge in [-0.15, -0.1) is 24.8 Å². The number of pyridine rings is 1. The summed E-state index contributed by atoms with van der Waals surface area (Å²) in [4.78, 5) is 27.6. The first-order chi connectivity index (χ1) is 10.2. The Morgan fingerprint density at radius 2 is 2.22 bits per heavy atom. The molecule has 2 atom stereocenters. The van der Waals surface area contributed by atoms with Crippen LogP contribution in [0.3, 0.4) is 0 Å². The number of hydrogen-bond acceptors (Lipinski definition) is 5. The molecule has 0 aliphatic carbocycles. The Balaban J connectivity index is 0.00000242. The molecule has 130 valence electrons. The second kappa shape index (κ2) is 11.2. The first-order valence-corrected chi connectivity index (χ1v) is 6.99. The van der Waals surface area contributed by atoms with Crippen LogP contribution in [-0.4, -0.2) is 48.6 Å². The molecule has 1 aromatic heterocycles. The number of morpholine rings is 1. The molecule has 1 saturated heterocycles. The minimum absolute atomic E-state index is 0. The molecule has 3 N–H and O–H groups in total. The SMILES string of the molecule is C[C@H]1OCCN[C@@H]1C(=O)NCCC(=O)Nc1cccnc1.Cl.Cl. The Bertz CT molecular complexity index is 490. The van der Waals surface area contributed by atoms with Gasteiger partial charge in [0.2, 0.25) is 11.8 Å². The van der Waals surface area contributed by atoms with Crippen LogP contribution in [0.4, 0.5) is 5.69 Å². The number of carbonyl (C=O) groups is 2. The maximum absolute atomic E-state index is 12.0. The highest BCUT2D eigenvalue weighted by Crippen LogP contribution is 2.04. The number of nitrogens with zero attached hydrogens (tertiary/aromatic N) is 1. The van der Waals surface area contributed by atoms with Crippen LogP contribution in [0.15, 0.2) is 24.5 Å². The summed E-state index contributed by atoms with van der Waals surface area (Å²) >= 11 is 0. The van der Waals surface area contributed by atoms with Gasteiger partial charge in [0.05, 0.1) is 24.6 Å². The van der Waals surface area contributed by atoms with Gasteiger partial charge in [-0.3, -0.25) is 14.6 Å². The number of aromatic nitrogens is 1. The van der Waals surface area contributed by atoms with Gasteiger partial charge in [0.25, 0.3) is 0 Å². The van der Waals surface area contributed by atoms with Crippen LogP contribution in [-0.2, 0) is 14.3 Å². The number of hydrogen-bond donors (Lipinski definition) is 3. The van der Waals surface area contributed by atoms with Crippen LogP contribution in [0.25, 0.3) is 0 Å². The Morgan fingerprint density at radius 3 is 2.87 bits per heavy atom. The van der Waals surface area contributed by atoms with Crippen LogP contribution in [0.1, 0.15) is 13.3 Å². The summed E-state index contributed by atoms with van der Waals surface area (Å²) in [5, 5.41) is 8.55. The minimum atomic E-state index is -0.361. The maximum Gasteiger partial charge on any atom is 0.239 e. The topological polar surface area (TPSA) is 92.4 Å². The lowest BCUT2D eigenvalue weighted by Gasteiger charge is -2.29. The molecule has 0 radical (unpaired) electrons. The first kappa shape index (κ1) is 21.6. The van der Waals surface area contributed by atoms with Crippen molar-refractivity contribution in [1.29, 1.82) is 0 Å². The minimum Gasteiger partial charge on any atom is -0.375 e. The summed E-state index contributed by atoms with van der Waals surface area (Å²) in [5.74, 6) is -0.305. The fourth-order valence-corrected chi connectivity index (χ4v) is 2.10. The zero-order valence-electron chi connectivity index (χ0n) is 12.8. The zero-order valence-corrected chi connectivity index (χ0v) is 14.4. The second-order valence-corrected chi connectivity index (χ2v) is 4.84. The van der Waals surface area contributed by atoms with Crippen molar-refractivity contribution < 1.29 is 14.3 Å². The zero-order chi connectivity index (χ0) is 15.1. The second-order valence-electron chi connectivity index (χ2n) is 4.84. The van der Waals surface area contributed by atoms with Crippen LogP contribution < -0.4 is 16.0 Å². The van der Waals surface area contributed by atoms with E-state index in [1.54, 1.807) is 24.5 Å². The fraction of sp³-hybridized carbons (Fsp3) is 0.500. The van der Waals surface area contributed by atoms with Crippen molar-refractivity contribution >= 4 is 42.3 Å². The van der Waals surface area contributed by atoms with E-state index in [1.165, 1.54) is 0 Å². The van der Waals surface area contributed by atoms with E-state index < -0.39 is 0 Å². The molecule has 0 saturated carbocycles. The number of ether oxygens (including phenoxy) is 1. The van der Waals surface area contributed by atoms with Gasteiger partial charge in [0, 0.05) is 25.7 Å². The van der Waals surface area contributed by atoms with E-state index in [-0.39, 0.29) is 61.7 Å². The Morgan fingerprint density at radius 1 is 1.43 bits per heavy atom. The summed E-state index contributed by atoms with van der Waals surface area (Å²) in [6.45, 7) is 3.41. The average molecular weight is 365 g/mol. The van der Waals surface area contributed by atoms with Gasteiger partial charge in [-0.1, -0.05) is 0 Å². The number of carbonyl (C=O) groups excluding carboxylic acids is 2. The molecule has 2 heterocycles. The molecule has 23 heavy (non-hydrogen) atoms. The normalized spacial score (nSPS) is 19.7. The molecule has 0 bridgehead atoms. The average Bonchev–Trinajstić information content (AvgIpc) is 2.48. The molecule has 0 spiro atoms. The largest absolute Gasteiger partial charge is 0.375 e. The predicted octanol–water partition coefficient (Wildman–Crippen LogP) is 0.747. The van der Waals surface area contributed by atoms with Gasteiger partial charge in [0.1, 0.15) is 6.04 Å². The van der Waals surface area contributed by atoms with Crippen molar-refractivity contribution in [3.63, 3.8) is 0 Å². The van der Waals surface area contributed by atoms with Gasteiger partial charge < -0.3 is 20.7 Å². The summed E-state index contributed by atoms with van der Waals surface area (Å²) in [5.41, 5.74) is 0.643. The van der Waals surface area contributed by atoms with Crippen molar-refractivity contribution in [3.8, 4) is 0 Å². The molecule has 0 aromatic carbocycles. The Kier molecular flexibility index (Phi) is 10.5. The smallest absolute Gasteiger partial charge is 0.239 e. The highest BCUT2D eigenvalue weighted by molar-refractivity contribution is 5.91. The van der Waals surface area contributed by atoms with E-state index in [2.05, 4.69) is 20.9 Å². The summed E-state index contributed by atoms with van der Waals surface area (Å²) in [6.07, 6.45) is 3.25. The molecule has 1 aromatic rings. The van der Waals surface area contributed by atoms with E-state index in [1.807, 2.05) is 6.92 Å². The first-order valence-electron chi connectivity index (χ1n) is 6.99. The number of anilines is 1. The lowest BCUT2D eigenvalue weighted by Crippen LogP contribution is -2.55. The van der Waals surface area contributed by atoms with Gasteiger partial charge in [0.15, 0.2) is 0 Å². The van der Waals surface area contributed by atoms with Crippen molar-refractivity contribution in [2.24, 2.45) is 0 Å². The van der Waals surface area contributed by atoms with Gasteiger partial charge in [-0.05, 0) is 19.1 Å². The Hall–Kier alpha value is -1.41. The third kappa shape index (κ3) is 7.13. The molecule has 1 aliphatic heterocycles. The van der Waals surface area contributed by atoms with Crippen molar-refractivity contribution in [1.82, 2.24) is 15.6 Å². The van der Waals surface area contributed by atoms with Crippen molar-refractivity contribution in [2.45, 2.75) is 25.5 Å². The Labute approximate surface area is 147 Å². The lowest BCUT2D eigenvalue weighted by atomic mass is 10.1. The van der Waals surface area contributed by atoms with E-state index >= 15 is 0 Å². The number of amides is 2. The van der Waals surface area contributed by atoms with Gasteiger partial charge in [-0.2, -0.15) is 0 Å². The van der Waals surface area contributed by atoms with Crippen LogP contribution in [0.5, 0.6) is 0 Å². The highest BCUT2D eigenvalue weighted by Gasteiger charge is 2.27. The van der Waals surface area contributed by atoms with Crippen LogP contribution in [0, 0.1) is 0 Å². The number of nitrogens with one attached hydrogen (secondary N) is 3. The summed E-state index contributed by atoms with van der Waals surface area (Å²) in [6, 6.07) is 3.14. The van der Waals surface area contributed by atoms with E-state index in [9.17, 15) is 9.59 Å². The van der Waals surface area contributed by atoms with Crippen LogP contribution >= 0.6 is 24.8 Å². The third-order valence-electron chi connectivity index (χ3n) is 3.20. The van der Waals surface area contributed by atoms with E-state index in [0.29, 0.717) is 18.8 Å². The molecule has 1 aliphatic rings. The molecule has 9 heteroatoms. The monoisotopic (exact) mass is 364 g/mol. The van der Waals surface area contributed by atoms with E-state index in [0.717, 1.165) is 0 Å². The standard InChI is InChI=1S/C14H20N4O3.2ClH/c1-10-13(16-7-8-21-10)14(20)17-6-4-12(19)18-11-3-2-5-15-9-11;;/h2-3,5,9-10,13,16H,4,6-8H2,1H3,(H,17,20)(H,18,19);2*1H/t10-,13+;;/m1../s1. The highest BCUT2D eigenvalue weighted by atomic mass is 35.5. The maximum atomic E-state index is 12.0. The molecule has 7 nitrogen and oxygen atoms in total. The van der Waals surface area contributed by atoms with Gasteiger partial charge >= 0.3 is 0 Å². The van der Waals surface area contributed by atoms with Crippen LogP contribution in [0.2, 0.25) is 0 Å². The number of halogens is 2. The van der Waals surface area contributed by atoms with Crippen molar-refractivity contribution in [2.75, 3.05) is 25.0 Å². The lowest BCUT2D eigenvalue weighted by molar-refractivity contribution is -0.128. The molecule has 2 amide bonds. The van der Waals surface area contributed by atoms with Crippen molar-refractivity contribution in [3.05, 3.63) is 24.5 Å². The molecule has 2 rings (SSSR count). The van der Waals surface area contributed by atoms with Gasteiger partial charge in [-0.25, -0.2) is 0 Å². The molecule has 1 fully saturated rings. The van der Waals surface area contributed by atoms with E-state index in [4.69, 9.17) is 4.74 Å². The molecule has 0 unspecified atom stereocenters. The third-order valence-corrected chi connectivity index (χ3v) is 3.20.